The molecular weight excluding hydrogens is 402 g/mol. The monoisotopic (exact) mass is 433 g/mol. The average molecular weight is 434 g/mol. The smallest absolute Gasteiger partial charge is 0.225 e. The Morgan fingerprint density at radius 2 is 2.03 bits per heavy atom. The lowest BCUT2D eigenvalue weighted by molar-refractivity contribution is -0.138. The van der Waals surface area contributed by atoms with Crippen LogP contribution in [0.15, 0.2) is 16.8 Å². The van der Waals surface area contributed by atoms with Crippen LogP contribution >= 0.6 is 11.3 Å². The second-order valence-corrected chi connectivity index (χ2v) is 9.86. The highest BCUT2D eigenvalue weighted by atomic mass is 32.1. The number of carbonyl (C=O) groups is 2. The number of likely N-dealkylation sites (tertiary alicyclic amines) is 1. The summed E-state index contributed by atoms with van der Waals surface area (Å²) >= 11 is 1.72. The van der Waals surface area contributed by atoms with Gasteiger partial charge in [0.15, 0.2) is 0 Å². The molecule has 1 saturated carbocycles. The van der Waals surface area contributed by atoms with Crippen LogP contribution in [0.1, 0.15) is 31.2 Å². The van der Waals surface area contributed by atoms with Gasteiger partial charge in [-0.15, -0.1) is 0 Å². The third-order valence-electron chi connectivity index (χ3n) is 6.93. The number of hydrogen-bond donors (Lipinski definition) is 1. The van der Waals surface area contributed by atoms with E-state index in [4.69, 9.17) is 9.47 Å². The van der Waals surface area contributed by atoms with E-state index in [1.165, 1.54) is 5.56 Å². The highest BCUT2D eigenvalue weighted by Gasteiger charge is 2.51. The predicted octanol–water partition coefficient (Wildman–Crippen LogP) is 1.48. The Morgan fingerprint density at radius 3 is 2.77 bits per heavy atom. The van der Waals surface area contributed by atoms with Crippen molar-refractivity contribution in [3.63, 3.8) is 0 Å². The van der Waals surface area contributed by atoms with E-state index < -0.39 is 0 Å². The van der Waals surface area contributed by atoms with Crippen molar-refractivity contribution in [2.24, 2.45) is 11.8 Å². The van der Waals surface area contributed by atoms with E-state index in [0.717, 1.165) is 25.9 Å². The summed E-state index contributed by atoms with van der Waals surface area (Å²) in [4.78, 5) is 29.8. The third-order valence-corrected chi connectivity index (χ3v) is 7.66. The predicted molar refractivity (Wildman–Crippen MR) is 113 cm³/mol. The van der Waals surface area contributed by atoms with Crippen molar-refractivity contribution in [1.29, 1.82) is 0 Å². The molecule has 0 radical (unpaired) electrons. The number of fused-ring (bicyclic) bond motifs is 1. The highest BCUT2D eigenvalue weighted by Crippen LogP contribution is 2.42. The van der Waals surface area contributed by atoms with Gasteiger partial charge in [0.1, 0.15) is 0 Å². The lowest BCUT2D eigenvalue weighted by Gasteiger charge is -2.29. The summed E-state index contributed by atoms with van der Waals surface area (Å²) in [6.45, 7) is 4.99. The van der Waals surface area contributed by atoms with Crippen molar-refractivity contribution >= 4 is 23.2 Å². The van der Waals surface area contributed by atoms with E-state index in [1.54, 1.807) is 11.3 Å². The van der Waals surface area contributed by atoms with Gasteiger partial charge in [0.25, 0.3) is 0 Å². The van der Waals surface area contributed by atoms with Crippen molar-refractivity contribution in [1.82, 2.24) is 15.1 Å². The van der Waals surface area contributed by atoms with Crippen LogP contribution in [0.5, 0.6) is 0 Å². The molecule has 0 bridgehead atoms. The van der Waals surface area contributed by atoms with Crippen molar-refractivity contribution in [3.05, 3.63) is 22.4 Å². The molecule has 4 fully saturated rings. The van der Waals surface area contributed by atoms with Crippen LogP contribution in [0.3, 0.4) is 0 Å². The minimum Gasteiger partial charge on any atom is -0.378 e. The molecule has 5 rings (SSSR count). The Kier molecular flexibility index (Phi) is 6.09. The number of nitrogens with zero attached hydrogens (tertiary/aromatic N) is 2. The first-order chi connectivity index (χ1) is 14.7. The molecule has 8 heteroatoms. The van der Waals surface area contributed by atoms with Gasteiger partial charge >= 0.3 is 0 Å². The number of amides is 2. The maximum Gasteiger partial charge on any atom is 0.225 e. The number of morpholine rings is 1. The summed E-state index contributed by atoms with van der Waals surface area (Å²) in [5.41, 5.74) is 1.31. The second-order valence-electron chi connectivity index (χ2n) is 9.08. The van der Waals surface area contributed by atoms with Crippen molar-refractivity contribution in [3.8, 4) is 0 Å². The number of hydrogen-bond acceptors (Lipinski definition) is 6. The minimum absolute atomic E-state index is 0.100. The van der Waals surface area contributed by atoms with E-state index >= 15 is 0 Å². The number of rotatable bonds is 7. The van der Waals surface area contributed by atoms with E-state index in [2.05, 4.69) is 27.0 Å². The van der Waals surface area contributed by atoms with Crippen molar-refractivity contribution in [2.75, 3.05) is 39.5 Å². The first-order valence-electron chi connectivity index (χ1n) is 11.2. The molecule has 1 N–H and O–H groups in total. The fourth-order valence-electron chi connectivity index (χ4n) is 5.28. The highest BCUT2D eigenvalue weighted by molar-refractivity contribution is 7.07. The average Bonchev–Trinajstić information content (AvgIpc) is 3.14. The molecule has 0 unspecified atom stereocenters. The zero-order valence-electron chi connectivity index (χ0n) is 17.3. The SMILES string of the molecule is O=C(C[C@@H]1CN(Cc2ccsc2)[C@@H]2CO[C@@H](CC(=O)N3CCOCC3)[C@H]12)NC1CC1. The lowest BCUT2D eigenvalue weighted by atomic mass is 9.84. The number of thiophene rings is 1. The molecule has 1 aromatic heterocycles. The molecule has 30 heavy (non-hydrogen) atoms. The van der Waals surface area contributed by atoms with Gasteiger partial charge in [0.05, 0.1) is 32.3 Å². The van der Waals surface area contributed by atoms with Crippen LogP contribution in [-0.4, -0.2) is 79.3 Å². The van der Waals surface area contributed by atoms with Gasteiger partial charge in [-0.05, 0) is 41.1 Å². The Labute approximate surface area is 181 Å². The molecule has 0 aromatic carbocycles. The Balaban J connectivity index is 1.27. The van der Waals surface area contributed by atoms with Crippen LogP contribution in [0.4, 0.5) is 0 Å². The molecule has 4 heterocycles. The molecule has 3 saturated heterocycles. The van der Waals surface area contributed by atoms with Gasteiger partial charge in [-0.3, -0.25) is 14.5 Å². The van der Waals surface area contributed by atoms with Gasteiger partial charge < -0.3 is 19.7 Å². The zero-order valence-corrected chi connectivity index (χ0v) is 18.1. The standard InChI is InChI=1S/C22H31N3O4S/c26-20(23-17-1-2-17)9-16-12-25(11-15-3-8-30-14-15)18-13-29-19(22(16)18)10-21(27)24-4-6-28-7-5-24/h3,8,14,16-19,22H,1-2,4-7,9-13H2,(H,23,26)/t16-,18-,19+,22-/m1/s1. The van der Waals surface area contributed by atoms with Gasteiger partial charge in [0, 0.05) is 50.6 Å². The van der Waals surface area contributed by atoms with Crippen LogP contribution in [-0.2, 0) is 25.6 Å². The van der Waals surface area contributed by atoms with Crippen molar-refractivity contribution < 1.29 is 19.1 Å². The fraction of sp³-hybridized carbons (Fsp3) is 0.727. The van der Waals surface area contributed by atoms with E-state index in [0.29, 0.717) is 51.8 Å². The summed E-state index contributed by atoms with van der Waals surface area (Å²) < 4.78 is 11.6. The molecule has 1 aliphatic carbocycles. The van der Waals surface area contributed by atoms with Crippen LogP contribution in [0, 0.1) is 11.8 Å². The Morgan fingerprint density at radius 1 is 1.20 bits per heavy atom. The largest absolute Gasteiger partial charge is 0.378 e. The molecule has 4 aliphatic rings. The lowest BCUT2D eigenvalue weighted by Crippen LogP contribution is -2.43. The topological polar surface area (TPSA) is 71.1 Å². The quantitative estimate of drug-likeness (QED) is 0.705. The molecule has 4 atom stereocenters. The summed E-state index contributed by atoms with van der Waals surface area (Å²) in [6.07, 6.45) is 3.05. The normalized spacial score (nSPS) is 31.7. The maximum atomic E-state index is 12.9. The number of carbonyl (C=O) groups excluding carboxylic acids is 2. The minimum atomic E-state index is -0.100. The van der Waals surface area contributed by atoms with Gasteiger partial charge in [-0.1, -0.05) is 0 Å². The summed E-state index contributed by atoms with van der Waals surface area (Å²) in [7, 11) is 0. The third kappa shape index (κ3) is 4.56. The summed E-state index contributed by atoms with van der Waals surface area (Å²) in [5, 5.41) is 7.44. The number of ether oxygens (including phenoxy) is 2. The van der Waals surface area contributed by atoms with Crippen molar-refractivity contribution in [2.45, 2.75) is 50.4 Å². The van der Waals surface area contributed by atoms with Crippen LogP contribution in [0.25, 0.3) is 0 Å². The first-order valence-corrected chi connectivity index (χ1v) is 12.1. The molecule has 3 aliphatic heterocycles. The van der Waals surface area contributed by atoms with Crippen LogP contribution in [0.2, 0.25) is 0 Å². The fourth-order valence-corrected chi connectivity index (χ4v) is 5.94. The first kappa shape index (κ1) is 20.4. The van der Waals surface area contributed by atoms with E-state index in [1.807, 2.05) is 4.90 Å². The molecule has 0 spiro atoms. The van der Waals surface area contributed by atoms with Gasteiger partial charge in [-0.25, -0.2) is 0 Å². The maximum absolute atomic E-state index is 12.9. The zero-order chi connectivity index (χ0) is 20.5. The van der Waals surface area contributed by atoms with Gasteiger partial charge in [-0.2, -0.15) is 11.3 Å². The van der Waals surface area contributed by atoms with Gasteiger partial charge in [0.2, 0.25) is 11.8 Å². The molecular formula is C22H31N3O4S. The molecule has 7 nitrogen and oxygen atoms in total. The number of nitrogens with one attached hydrogen (secondary N) is 1. The Bertz CT molecular complexity index is 748. The van der Waals surface area contributed by atoms with Crippen LogP contribution < -0.4 is 5.32 Å². The molecule has 2 amide bonds. The molecule has 1 aromatic rings. The van der Waals surface area contributed by atoms with E-state index in [-0.39, 0.29) is 35.8 Å². The Hall–Kier alpha value is -1.48. The second kappa shape index (κ2) is 8.94. The molecule has 164 valence electrons. The summed E-state index contributed by atoms with van der Waals surface area (Å²) in [6, 6.07) is 2.84. The van der Waals surface area contributed by atoms with E-state index in [9.17, 15) is 9.59 Å². The summed E-state index contributed by atoms with van der Waals surface area (Å²) in [5.74, 6) is 0.779.